The van der Waals surface area contributed by atoms with Gasteiger partial charge in [0.15, 0.2) is 0 Å². The van der Waals surface area contributed by atoms with E-state index in [1.165, 1.54) is 11.3 Å². The Balaban J connectivity index is 1.99. The highest BCUT2D eigenvalue weighted by Gasteiger charge is 2.46. The number of carbonyl (C=O) groups excluding carboxylic acids is 2. The fourth-order valence-corrected chi connectivity index (χ4v) is 3.48. The summed E-state index contributed by atoms with van der Waals surface area (Å²) in [6.45, 7) is 5.75. The van der Waals surface area contributed by atoms with Gasteiger partial charge in [-0.25, -0.2) is 4.98 Å². The molecule has 2 heterocycles. The van der Waals surface area contributed by atoms with Crippen LogP contribution in [-0.4, -0.2) is 58.2 Å². The SMILES string of the molecule is CC(C)(C)c1ncsc1C(=O)N[C@@H]1CCN(C(=O)C(O)C(F)(F)F)C1. The first-order chi connectivity index (χ1) is 11.4. The lowest BCUT2D eigenvalue weighted by Crippen LogP contribution is -2.47. The third-order valence-corrected chi connectivity index (χ3v) is 4.69. The molecule has 140 valence electrons. The van der Waals surface area contributed by atoms with Crippen LogP contribution in [0.3, 0.4) is 0 Å². The van der Waals surface area contributed by atoms with E-state index < -0.39 is 24.2 Å². The zero-order valence-corrected chi connectivity index (χ0v) is 14.9. The van der Waals surface area contributed by atoms with Crippen molar-refractivity contribution in [3.63, 3.8) is 0 Å². The Kier molecular flexibility index (Phi) is 5.43. The second-order valence-corrected chi connectivity index (χ2v) is 7.82. The number of rotatable bonds is 3. The molecule has 1 unspecified atom stereocenters. The fourth-order valence-electron chi connectivity index (χ4n) is 2.58. The normalized spacial score (nSPS) is 19.8. The molecule has 25 heavy (non-hydrogen) atoms. The molecule has 1 fully saturated rings. The van der Waals surface area contributed by atoms with Crippen molar-refractivity contribution in [1.82, 2.24) is 15.2 Å². The average Bonchev–Trinajstić information content (AvgIpc) is 3.12. The van der Waals surface area contributed by atoms with Gasteiger partial charge < -0.3 is 15.3 Å². The van der Waals surface area contributed by atoms with E-state index in [1.54, 1.807) is 5.51 Å². The second kappa shape index (κ2) is 6.91. The minimum atomic E-state index is -5.00. The van der Waals surface area contributed by atoms with Gasteiger partial charge in [0.1, 0.15) is 4.88 Å². The van der Waals surface area contributed by atoms with Crippen LogP contribution >= 0.6 is 11.3 Å². The van der Waals surface area contributed by atoms with Crippen molar-refractivity contribution in [2.24, 2.45) is 0 Å². The van der Waals surface area contributed by atoms with Gasteiger partial charge in [0.2, 0.25) is 6.10 Å². The third-order valence-electron chi connectivity index (χ3n) is 3.86. The lowest BCUT2D eigenvalue weighted by molar-refractivity contribution is -0.210. The molecule has 1 aromatic heterocycles. The van der Waals surface area contributed by atoms with Crippen molar-refractivity contribution in [3.8, 4) is 0 Å². The first kappa shape index (κ1) is 19.6. The number of hydrogen-bond donors (Lipinski definition) is 2. The van der Waals surface area contributed by atoms with Crippen molar-refractivity contribution in [1.29, 1.82) is 0 Å². The van der Waals surface area contributed by atoms with E-state index >= 15 is 0 Å². The number of halogens is 3. The van der Waals surface area contributed by atoms with E-state index in [2.05, 4.69) is 10.3 Å². The predicted molar refractivity (Wildman–Crippen MR) is 85.3 cm³/mol. The number of nitrogens with one attached hydrogen (secondary N) is 1. The minimum Gasteiger partial charge on any atom is -0.376 e. The zero-order valence-electron chi connectivity index (χ0n) is 14.1. The van der Waals surface area contributed by atoms with Crippen LogP contribution in [-0.2, 0) is 10.2 Å². The summed E-state index contributed by atoms with van der Waals surface area (Å²) >= 11 is 1.19. The van der Waals surface area contributed by atoms with Crippen molar-refractivity contribution in [3.05, 3.63) is 16.1 Å². The van der Waals surface area contributed by atoms with Crippen LogP contribution in [0.25, 0.3) is 0 Å². The van der Waals surface area contributed by atoms with Gasteiger partial charge in [0.25, 0.3) is 11.8 Å². The molecule has 2 atom stereocenters. The standard InChI is InChI=1S/C15H20F3N3O3S/c1-14(2,3)10-9(25-7-19-10)12(23)20-8-4-5-21(6-8)13(24)11(22)15(16,17)18/h7-8,11,22H,4-6H2,1-3H3,(H,20,23)/t8-,11?/m1/s1. The van der Waals surface area contributed by atoms with Gasteiger partial charge in [-0.05, 0) is 6.42 Å². The summed E-state index contributed by atoms with van der Waals surface area (Å²) in [6, 6.07) is -0.466. The monoisotopic (exact) mass is 379 g/mol. The fraction of sp³-hybridized carbons (Fsp3) is 0.667. The molecule has 1 aromatic rings. The van der Waals surface area contributed by atoms with Gasteiger partial charge in [-0.2, -0.15) is 13.2 Å². The molecule has 2 rings (SSSR count). The summed E-state index contributed by atoms with van der Waals surface area (Å²) in [4.78, 5) is 29.7. The van der Waals surface area contributed by atoms with Crippen molar-refractivity contribution in [2.75, 3.05) is 13.1 Å². The summed E-state index contributed by atoms with van der Waals surface area (Å²) in [5.74, 6) is -1.75. The Morgan fingerprint density at radius 3 is 2.60 bits per heavy atom. The Labute approximate surface area is 147 Å². The predicted octanol–water partition coefficient (Wildman–Crippen LogP) is 1.69. The Morgan fingerprint density at radius 2 is 2.04 bits per heavy atom. The quantitative estimate of drug-likeness (QED) is 0.837. The number of nitrogens with zero attached hydrogens (tertiary/aromatic N) is 2. The highest BCUT2D eigenvalue weighted by Crippen LogP contribution is 2.27. The van der Waals surface area contributed by atoms with Crippen molar-refractivity contribution < 1.29 is 27.9 Å². The minimum absolute atomic E-state index is 0.0474. The molecular formula is C15H20F3N3O3S. The molecule has 0 bridgehead atoms. The molecule has 0 saturated carbocycles. The molecule has 2 amide bonds. The lowest BCUT2D eigenvalue weighted by Gasteiger charge is -2.22. The molecule has 1 aliphatic rings. The number of alkyl halides is 3. The number of thiazole rings is 1. The second-order valence-electron chi connectivity index (χ2n) is 6.97. The van der Waals surface area contributed by atoms with Gasteiger partial charge in [-0.15, -0.1) is 11.3 Å². The first-order valence-corrected chi connectivity index (χ1v) is 8.57. The topological polar surface area (TPSA) is 82.5 Å². The van der Waals surface area contributed by atoms with Crippen LogP contribution in [0, 0.1) is 0 Å². The van der Waals surface area contributed by atoms with E-state index in [4.69, 9.17) is 5.11 Å². The van der Waals surface area contributed by atoms with Crippen LogP contribution in [0.5, 0.6) is 0 Å². The summed E-state index contributed by atoms with van der Waals surface area (Å²) < 4.78 is 37.3. The molecule has 0 aliphatic carbocycles. The first-order valence-electron chi connectivity index (χ1n) is 7.69. The molecule has 1 saturated heterocycles. The molecule has 0 aromatic carbocycles. The van der Waals surface area contributed by atoms with Crippen molar-refractivity contribution >= 4 is 23.2 Å². The van der Waals surface area contributed by atoms with Crippen LogP contribution in [0.15, 0.2) is 5.51 Å². The largest absolute Gasteiger partial charge is 0.423 e. The zero-order chi connectivity index (χ0) is 19.0. The Bertz CT molecular complexity index is 654. The summed E-state index contributed by atoms with van der Waals surface area (Å²) in [5, 5.41) is 11.8. The van der Waals surface area contributed by atoms with Gasteiger partial charge in [0, 0.05) is 24.5 Å². The highest BCUT2D eigenvalue weighted by atomic mass is 32.1. The maximum atomic E-state index is 12.4. The molecule has 6 nitrogen and oxygen atoms in total. The average molecular weight is 379 g/mol. The molecule has 0 radical (unpaired) electrons. The van der Waals surface area contributed by atoms with E-state index in [9.17, 15) is 22.8 Å². The van der Waals surface area contributed by atoms with Gasteiger partial charge in [-0.3, -0.25) is 9.59 Å². The molecule has 2 N–H and O–H groups in total. The lowest BCUT2D eigenvalue weighted by atomic mass is 9.91. The summed E-state index contributed by atoms with van der Waals surface area (Å²) in [7, 11) is 0. The number of hydrogen-bond acceptors (Lipinski definition) is 5. The van der Waals surface area contributed by atoms with Gasteiger partial charge in [-0.1, -0.05) is 20.8 Å². The van der Waals surface area contributed by atoms with Crippen molar-refractivity contribution in [2.45, 2.75) is 50.9 Å². The summed E-state index contributed by atoms with van der Waals surface area (Å²) in [5.41, 5.74) is 1.90. The van der Waals surface area contributed by atoms with Crippen LogP contribution in [0.4, 0.5) is 13.2 Å². The van der Waals surface area contributed by atoms with Gasteiger partial charge >= 0.3 is 6.18 Å². The number of aliphatic hydroxyl groups is 1. The molecule has 10 heteroatoms. The third kappa shape index (κ3) is 4.49. The van der Waals surface area contributed by atoms with Crippen LogP contribution in [0.1, 0.15) is 42.6 Å². The Hall–Kier alpha value is -1.68. The van der Waals surface area contributed by atoms with E-state index in [1.807, 2.05) is 20.8 Å². The van der Waals surface area contributed by atoms with E-state index in [-0.39, 0.29) is 24.4 Å². The number of aliphatic hydroxyl groups excluding tert-OH is 1. The van der Waals surface area contributed by atoms with E-state index in [0.717, 1.165) is 4.90 Å². The molecular weight excluding hydrogens is 359 g/mol. The number of likely N-dealkylation sites (tertiary alicyclic amines) is 1. The highest BCUT2D eigenvalue weighted by molar-refractivity contribution is 7.11. The number of carbonyl (C=O) groups is 2. The maximum Gasteiger partial charge on any atom is 0.423 e. The maximum absolute atomic E-state index is 12.4. The summed E-state index contributed by atoms with van der Waals surface area (Å²) in [6.07, 6.45) is -7.70. The molecule has 1 aliphatic heterocycles. The number of aromatic nitrogens is 1. The molecule has 0 spiro atoms. The van der Waals surface area contributed by atoms with Crippen LogP contribution < -0.4 is 5.32 Å². The van der Waals surface area contributed by atoms with Crippen LogP contribution in [0.2, 0.25) is 0 Å². The smallest absolute Gasteiger partial charge is 0.376 e. The van der Waals surface area contributed by atoms with E-state index in [0.29, 0.717) is 17.0 Å². The number of amides is 2. The van der Waals surface area contributed by atoms with Gasteiger partial charge in [0.05, 0.1) is 11.2 Å². The Morgan fingerprint density at radius 1 is 1.40 bits per heavy atom.